The Balaban J connectivity index is 2.05. The lowest BCUT2D eigenvalue weighted by Crippen LogP contribution is -2.41. The second-order valence-electron chi connectivity index (χ2n) is 8.94. The third-order valence-electron chi connectivity index (χ3n) is 5.87. The van der Waals surface area contributed by atoms with Crippen molar-refractivity contribution in [1.82, 2.24) is 5.32 Å². The normalized spacial score (nSPS) is 13.0. The second-order valence-corrected chi connectivity index (χ2v) is 13.8. The summed E-state index contributed by atoms with van der Waals surface area (Å²) in [4.78, 5) is 12.5. The van der Waals surface area contributed by atoms with Crippen molar-refractivity contribution < 1.29 is 14.0 Å². The highest BCUT2D eigenvalue weighted by Gasteiger charge is 2.37. The number of carbonyl (C=O) groups excluding carboxylic acids is 1. The first-order valence-corrected chi connectivity index (χ1v) is 13.2. The van der Waals surface area contributed by atoms with Gasteiger partial charge in [0.15, 0.2) is 8.32 Å². The zero-order valence-electron chi connectivity index (χ0n) is 18.6. The number of ether oxygens (including phenoxy) is 1. The molecule has 2 aromatic carbocycles. The summed E-state index contributed by atoms with van der Waals surface area (Å²) in [6, 6.07) is 17.4. The molecule has 0 spiro atoms. The molecule has 0 aliphatic heterocycles. The van der Waals surface area contributed by atoms with Crippen LogP contribution in [0, 0.1) is 0 Å². The molecule has 0 aromatic heterocycles. The van der Waals surface area contributed by atoms with Gasteiger partial charge in [-0.15, -0.1) is 0 Å². The van der Waals surface area contributed by atoms with Crippen LogP contribution in [0.25, 0.3) is 0 Å². The number of carbonyl (C=O) groups is 1. The van der Waals surface area contributed by atoms with Crippen LogP contribution < -0.4 is 10.1 Å². The fourth-order valence-corrected chi connectivity index (χ4v) is 3.90. The van der Waals surface area contributed by atoms with Crippen molar-refractivity contribution >= 4 is 14.2 Å². The van der Waals surface area contributed by atoms with Crippen molar-refractivity contribution in [2.75, 3.05) is 20.3 Å². The standard InChI is InChI=1S/C24H35NO3Si/c1-24(2,3)29(5,6)28-17-16-21(19-12-14-22(27-4)15-13-19)18-25-23(26)20-10-8-7-9-11-20/h7-15,21H,16-18H2,1-6H3,(H,25,26). The van der Waals surface area contributed by atoms with Gasteiger partial charge in [0, 0.05) is 24.6 Å². The van der Waals surface area contributed by atoms with Gasteiger partial charge in [0.1, 0.15) is 5.75 Å². The average Bonchev–Trinajstić information content (AvgIpc) is 2.70. The molecule has 0 saturated heterocycles. The van der Waals surface area contributed by atoms with Crippen LogP contribution in [-0.2, 0) is 4.43 Å². The Labute approximate surface area is 176 Å². The van der Waals surface area contributed by atoms with Crippen molar-refractivity contribution in [2.24, 2.45) is 0 Å². The minimum atomic E-state index is -1.79. The topological polar surface area (TPSA) is 47.6 Å². The second kappa shape index (κ2) is 10.1. The van der Waals surface area contributed by atoms with Gasteiger partial charge in [-0.05, 0) is 54.4 Å². The molecule has 0 heterocycles. The first kappa shape index (κ1) is 23.2. The molecular weight excluding hydrogens is 378 g/mol. The maximum atomic E-state index is 12.5. The van der Waals surface area contributed by atoms with Gasteiger partial charge in [0.25, 0.3) is 5.91 Å². The molecule has 0 saturated carbocycles. The molecule has 5 heteroatoms. The van der Waals surface area contributed by atoms with E-state index in [0.29, 0.717) is 18.7 Å². The van der Waals surface area contributed by atoms with E-state index in [4.69, 9.17) is 9.16 Å². The summed E-state index contributed by atoms with van der Waals surface area (Å²) in [6.45, 7) is 12.6. The lowest BCUT2D eigenvalue weighted by atomic mass is 9.95. The molecule has 4 nitrogen and oxygen atoms in total. The van der Waals surface area contributed by atoms with Crippen molar-refractivity contribution in [3.8, 4) is 5.75 Å². The van der Waals surface area contributed by atoms with Crippen LogP contribution in [0.15, 0.2) is 54.6 Å². The van der Waals surface area contributed by atoms with Gasteiger partial charge >= 0.3 is 0 Å². The van der Waals surface area contributed by atoms with E-state index in [2.05, 4.69) is 51.3 Å². The molecule has 158 valence electrons. The zero-order valence-corrected chi connectivity index (χ0v) is 19.6. The van der Waals surface area contributed by atoms with Crippen molar-refractivity contribution in [3.63, 3.8) is 0 Å². The fraction of sp³-hybridized carbons (Fsp3) is 0.458. The molecular formula is C24H35NO3Si. The van der Waals surface area contributed by atoms with Crippen molar-refractivity contribution in [2.45, 2.75) is 51.2 Å². The molecule has 0 bridgehead atoms. The molecule has 1 N–H and O–H groups in total. The quantitative estimate of drug-likeness (QED) is 0.543. The summed E-state index contributed by atoms with van der Waals surface area (Å²) in [7, 11) is -0.126. The van der Waals surface area contributed by atoms with Crippen LogP contribution in [0.3, 0.4) is 0 Å². The molecule has 0 fully saturated rings. The number of benzene rings is 2. The SMILES string of the molecule is COc1ccc(C(CCO[Si](C)(C)C(C)(C)C)CNC(=O)c2ccccc2)cc1. The van der Waals surface area contributed by atoms with Crippen LogP contribution in [0.1, 0.15) is 49.0 Å². The van der Waals surface area contributed by atoms with E-state index in [1.165, 1.54) is 5.56 Å². The number of hydrogen-bond donors (Lipinski definition) is 1. The molecule has 1 unspecified atom stereocenters. The van der Waals surface area contributed by atoms with Crippen LogP contribution in [0.5, 0.6) is 5.75 Å². The first-order chi connectivity index (χ1) is 13.6. The van der Waals surface area contributed by atoms with E-state index in [1.54, 1.807) is 7.11 Å². The monoisotopic (exact) mass is 413 g/mol. The van der Waals surface area contributed by atoms with Gasteiger partial charge in [0.05, 0.1) is 7.11 Å². The summed E-state index contributed by atoms with van der Waals surface area (Å²) in [5.41, 5.74) is 1.86. The average molecular weight is 414 g/mol. The highest BCUT2D eigenvalue weighted by Crippen LogP contribution is 2.37. The number of nitrogens with one attached hydrogen (secondary N) is 1. The molecule has 0 radical (unpaired) electrons. The van der Waals surface area contributed by atoms with Crippen molar-refractivity contribution in [1.29, 1.82) is 0 Å². The van der Waals surface area contributed by atoms with Crippen LogP contribution in [0.2, 0.25) is 18.1 Å². The summed E-state index contributed by atoms with van der Waals surface area (Å²) in [5.74, 6) is 0.964. The van der Waals surface area contributed by atoms with Gasteiger partial charge < -0.3 is 14.5 Å². The predicted octanol–water partition coefficient (Wildman–Crippen LogP) is 5.62. The fourth-order valence-electron chi connectivity index (χ4n) is 2.84. The van der Waals surface area contributed by atoms with Gasteiger partial charge in [-0.1, -0.05) is 51.1 Å². The largest absolute Gasteiger partial charge is 0.497 e. The van der Waals surface area contributed by atoms with Crippen molar-refractivity contribution in [3.05, 3.63) is 65.7 Å². The predicted molar refractivity (Wildman–Crippen MR) is 122 cm³/mol. The molecule has 2 aromatic rings. The summed E-state index contributed by atoms with van der Waals surface area (Å²) in [5, 5.41) is 3.27. The third-order valence-corrected chi connectivity index (χ3v) is 10.4. The Morgan fingerprint density at radius 1 is 1.03 bits per heavy atom. The molecule has 29 heavy (non-hydrogen) atoms. The van der Waals surface area contributed by atoms with Gasteiger partial charge in [-0.25, -0.2) is 0 Å². The molecule has 0 aliphatic rings. The molecule has 0 aliphatic carbocycles. The van der Waals surface area contributed by atoms with Gasteiger partial charge in [0.2, 0.25) is 0 Å². The summed E-state index contributed by atoms with van der Waals surface area (Å²) >= 11 is 0. The van der Waals surface area contributed by atoms with E-state index in [9.17, 15) is 4.79 Å². The zero-order chi connectivity index (χ0) is 21.5. The number of methoxy groups -OCH3 is 1. The first-order valence-electron chi connectivity index (χ1n) is 10.3. The highest BCUT2D eigenvalue weighted by molar-refractivity contribution is 6.74. The lowest BCUT2D eigenvalue weighted by molar-refractivity contribution is 0.0949. The maximum Gasteiger partial charge on any atom is 0.251 e. The molecule has 1 amide bonds. The summed E-state index contributed by atoms with van der Waals surface area (Å²) < 4.78 is 11.7. The Bertz CT molecular complexity index is 767. The van der Waals surface area contributed by atoms with E-state index >= 15 is 0 Å². The van der Waals surface area contributed by atoms with E-state index in [-0.39, 0.29) is 16.9 Å². The third kappa shape index (κ3) is 6.72. The summed E-state index contributed by atoms with van der Waals surface area (Å²) in [6.07, 6.45) is 0.855. The number of rotatable bonds is 9. The molecule has 1 atom stereocenters. The Hall–Kier alpha value is -2.11. The number of amides is 1. The smallest absolute Gasteiger partial charge is 0.251 e. The minimum Gasteiger partial charge on any atom is -0.497 e. The van der Waals surface area contributed by atoms with Gasteiger partial charge in [-0.3, -0.25) is 4.79 Å². The maximum absolute atomic E-state index is 12.5. The minimum absolute atomic E-state index is 0.0468. The van der Waals surface area contributed by atoms with E-state index in [0.717, 1.165) is 12.2 Å². The lowest BCUT2D eigenvalue weighted by Gasteiger charge is -2.36. The Morgan fingerprint density at radius 3 is 2.21 bits per heavy atom. The van der Waals surface area contributed by atoms with E-state index in [1.807, 2.05) is 42.5 Å². The van der Waals surface area contributed by atoms with Crippen LogP contribution >= 0.6 is 0 Å². The number of hydrogen-bond acceptors (Lipinski definition) is 3. The van der Waals surface area contributed by atoms with E-state index < -0.39 is 8.32 Å². The van der Waals surface area contributed by atoms with Crippen LogP contribution in [0.4, 0.5) is 0 Å². The van der Waals surface area contributed by atoms with Crippen LogP contribution in [-0.4, -0.2) is 34.5 Å². The van der Waals surface area contributed by atoms with Gasteiger partial charge in [-0.2, -0.15) is 0 Å². The Morgan fingerprint density at radius 2 is 1.66 bits per heavy atom. The Kier molecular flexibility index (Phi) is 8.05. The molecule has 2 rings (SSSR count). The highest BCUT2D eigenvalue weighted by atomic mass is 28.4.